The molecule has 3 aromatic carbocycles. The number of carbonyl (C=O) groups excluding carboxylic acids is 3. The molecule has 14 nitrogen and oxygen atoms in total. The van der Waals surface area contributed by atoms with Crippen LogP contribution >= 0.6 is 11.5 Å². The molecule has 0 aliphatic carbocycles. The van der Waals surface area contributed by atoms with Gasteiger partial charge in [-0.15, -0.1) is 0 Å². The molecule has 0 spiro atoms. The summed E-state index contributed by atoms with van der Waals surface area (Å²) in [4.78, 5) is 49.3. The number of halogens is 3. The van der Waals surface area contributed by atoms with Crippen molar-refractivity contribution in [2.45, 2.75) is 130 Å². The molecule has 4 atom stereocenters. The molecule has 0 saturated carbocycles. The maximum Gasteiger partial charge on any atom is 0.408 e. The quantitative estimate of drug-likeness (QED) is 0.0624. The van der Waals surface area contributed by atoms with E-state index in [1.54, 1.807) is 58.2 Å². The van der Waals surface area contributed by atoms with Gasteiger partial charge in [0, 0.05) is 49.4 Å². The maximum atomic E-state index is 16.6. The number of rotatable bonds is 18. The van der Waals surface area contributed by atoms with Crippen LogP contribution in [0.1, 0.15) is 105 Å². The third-order valence-corrected chi connectivity index (χ3v) is 19.0. The van der Waals surface area contributed by atoms with Gasteiger partial charge in [-0.1, -0.05) is 95.3 Å². The van der Waals surface area contributed by atoms with Crippen molar-refractivity contribution in [3.05, 3.63) is 114 Å². The van der Waals surface area contributed by atoms with Crippen molar-refractivity contribution in [1.82, 2.24) is 34.7 Å². The number of esters is 1. The number of amides is 2. The SMILES string of the molecule is COC(=O)C1CCCN(C(=O)C(Cc2nsc(-c3ccc4c(c3)c(CC(C)(C)CO[Si](c3ccccc3)(c3ccccc3)C(C)(C)C)c(-c3cccnc3[C@H](C)OC)n4C(F)C(F)F)n2)NC(=O)OC(C)(C)C)N1. The normalized spacial score (nSPS) is 16.0. The van der Waals surface area contributed by atoms with Gasteiger partial charge in [0.25, 0.3) is 20.7 Å². The van der Waals surface area contributed by atoms with Crippen molar-refractivity contribution in [3.63, 3.8) is 0 Å². The third kappa shape index (κ3) is 12.2. The van der Waals surface area contributed by atoms with Crippen LogP contribution in [-0.2, 0) is 41.1 Å². The Bertz CT molecular complexity index is 2870. The highest BCUT2D eigenvalue weighted by Gasteiger charge is 2.51. The molecule has 4 heterocycles. The van der Waals surface area contributed by atoms with Crippen LogP contribution in [0.25, 0.3) is 32.7 Å². The van der Waals surface area contributed by atoms with E-state index in [0.29, 0.717) is 45.6 Å². The summed E-state index contributed by atoms with van der Waals surface area (Å²) in [6.45, 7) is 18.2. The zero-order valence-electron chi connectivity index (χ0n) is 44.0. The number of carbonyl (C=O) groups is 3. The second kappa shape index (κ2) is 22.9. The van der Waals surface area contributed by atoms with Crippen LogP contribution in [0.3, 0.4) is 0 Å². The lowest BCUT2D eigenvalue weighted by atomic mass is 9.84. The van der Waals surface area contributed by atoms with E-state index < -0.39 is 68.2 Å². The molecule has 1 aliphatic rings. The highest BCUT2D eigenvalue weighted by molar-refractivity contribution is 7.09. The van der Waals surface area contributed by atoms with Crippen LogP contribution in [0.4, 0.5) is 18.0 Å². The van der Waals surface area contributed by atoms with Crippen molar-refractivity contribution in [3.8, 4) is 21.8 Å². The molecule has 3 unspecified atom stereocenters. The number of alkyl halides is 3. The molecule has 1 aliphatic heterocycles. The number of aromatic nitrogens is 4. The molecule has 396 valence electrons. The Hall–Kier alpha value is -5.99. The van der Waals surface area contributed by atoms with E-state index >= 15 is 13.2 Å². The molecule has 1 saturated heterocycles. The number of methoxy groups -OCH3 is 2. The monoisotopic (exact) mass is 1060 g/mol. The van der Waals surface area contributed by atoms with Gasteiger partial charge >= 0.3 is 12.1 Å². The number of ether oxygens (including phenoxy) is 3. The summed E-state index contributed by atoms with van der Waals surface area (Å²) in [5, 5.41) is 6.77. The maximum absolute atomic E-state index is 16.6. The molecule has 3 aromatic heterocycles. The van der Waals surface area contributed by atoms with Gasteiger partial charge in [0.05, 0.1) is 30.1 Å². The highest BCUT2D eigenvalue weighted by atomic mass is 32.1. The lowest BCUT2D eigenvalue weighted by Gasteiger charge is -2.44. The van der Waals surface area contributed by atoms with E-state index in [9.17, 15) is 14.4 Å². The number of benzene rings is 3. The summed E-state index contributed by atoms with van der Waals surface area (Å²) >= 11 is 1.04. The smallest absolute Gasteiger partial charge is 0.408 e. The number of alkyl carbamates (subject to hydrolysis) is 1. The summed E-state index contributed by atoms with van der Waals surface area (Å²) in [5.41, 5.74) is 3.86. The third-order valence-electron chi connectivity index (χ3n) is 13.2. The molecule has 6 aromatic rings. The fourth-order valence-corrected chi connectivity index (χ4v) is 15.2. The van der Waals surface area contributed by atoms with Gasteiger partial charge in [-0.3, -0.25) is 19.6 Å². The van der Waals surface area contributed by atoms with E-state index in [2.05, 4.69) is 79.0 Å². The minimum absolute atomic E-state index is 0.150. The summed E-state index contributed by atoms with van der Waals surface area (Å²) in [6.07, 6.45) is -4.90. The van der Waals surface area contributed by atoms with E-state index in [0.717, 1.165) is 26.5 Å². The first-order chi connectivity index (χ1) is 35.0. The van der Waals surface area contributed by atoms with E-state index in [-0.39, 0.29) is 48.1 Å². The molecule has 2 amide bonds. The Morgan fingerprint density at radius 1 is 0.905 bits per heavy atom. The molecule has 0 bridgehead atoms. The van der Waals surface area contributed by atoms with Crippen molar-refractivity contribution < 1.29 is 46.2 Å². The van der Waals surface area contributed by atoms with Gasteiger partial charge in [0.1, 0.15) is 28.5 Å². The molecule has 0 radical (unpaired) electrons. The van der Waals surface area contributed by atoms with Gasteiger partial charge in [-0.2, -0.15) is 4.37 Å². The topological polar surface area (TPSA) is 159 Å². The van der Waals surface area contributed by atoms with E-state index in [4.69, 9.17) is 23.6 Å². The lowest BCUT2D eigenvalue weighted by Crippen LogP contribution is -2.67. The van der Waals surface area contributed by atoms with Crippen LogP contribution in [-0.4, -0.2) is 102 Å². The second-order valence-corrected chi connectivity index (χ2v) is 26.6. The Labute approximate surface area is 436 Å². The van der Waals surface area contributed by atoms with Gasteiger partial charge in [0.2, 0.25) is 6.30 Å². The largest absolute Gasteiger partial charge is 0.468 e. The standard InChI is InChI=1S/C55H68F3N7O7SSi/c1-34(69-10)45-38(24-18-28-59-45)46-40(32-55(8,9)33-71-74(54(5,6)7,36-20-14-12-15-21-36)37-22-16-13-17-23-37)39-30-35(26-27-43(39)65(46)48(58)47(56)57)49-61-44(63-73-49)31-42(60-52(68)72-53(2,3)4)50(66)64-29-19-25-41(62-64)51(67)70-11/h12-18,20-24,26-28,30,34,41-42,47-48,62H,19,25,29,31-33H2,1-11H3,(H,60,68)/t34-,41?,42?,48?/m0/s1. The Morgan fingerprint density at radius 3 is 2.16 bits per heavy atom. The first-order valence-electron chi connectivity index (χ1n) is 24.8. The number of hydrogen-bond donors (Lipinski definition) is 2. The molecule has 74 heavy (non-hydrogen) atoms. The predicted octanol–water partition coefficient (Wildman–Crippen LogP) is 9.91. The van der Waals surface area contributed by atoms with Crippen LogP contribution in [0, 0.1) is 5.41 Å². The fraction of sp³-hybridized carbons (Fsp3) is 0.455. The first-order valence-corrected chi connectivity index (χ1v) is 27.5. The number of hydrogen-bond acceptors (Lipinski definition) is 12. The van der Waals surface area contributed by atoms with Crippen LogP contribution < -0.4 is 21.1 Å². The number of nitrogens with zero attached hydrogens (tertiary/aromatic N) is 5. The zero-order valence-corrected chi connectivity index (χ0v) is 45.8. The van der Waals surface area contributed by atoms with Crippen molar-refractivity contribution in [2.75, 3.05) is 27.4 Å². The molecular formula is C55H68F3N7O7SSi. The minimum atomic E-state index is -3.38. The minimum Gasteiger partial charge on any atom is -0.468 e. The summed E-state index contributed by atoms with van der Waals surface area (Å²) in [6, 6.07) is 27.2. The van der Waals surface area contributed by atoms with Crippen LogP contribution in [0.2, 0.25) is 5.04 Å². The van der Waals surface area contributed by atoms with Gasteiger partial charge in [-0.25, -0.2) is 28.4 Å². The van der Waals surface area contributed by atoms with Crippen LogP contribution in [0.5, 0.6) is 0 Å². The number of fused-ring (bicyclic) bond motifs is 1. The van der Waals surface area contributed by atoms with Gasteiger partial charge < -0.3 is 28.5 Å². The molecule has 1 fully saturated rings. The highest BCUT2D eigenvalue weighted by Crippen LogP contribution is 2.45. The number of hydrazine groups is 1. The van der Waals surface area contributed by atoms with Gasteiger partial charge in [-0.05, 0) is 115 Å². The molecule has 2 N–H and O–H groups in total. The van der Waals surface area contributed by atoms with Crippen molar-refractivity contribution >= 4 is 59.1 Å². The Kier molecular flexibility index (Phi) is 17.2. The van der Waals surface area contributed by atoms with E-state index in [1.807, 2.05) is 42.5 Å². The first kappa shape index (κ1) is 55.8. The predicted molar refractivity (Wildman–Crippen MR) is 283 cm³/mol. The average molecular weight is 1060 g/mol. The van der Waals surface area contributed by atoms with Crippen LogP contribution in [0.15, 0.2) is 97.2 Å². The average Bonchev–Trinajstić information content (AvgIpc) is 3.96. The number of pyridine rings is 1. The molecular weight excluding hydrogens is 988 g/mol. The second-order valence-electron chi connectivity index (χ2n) is 21.5. The summed E-state index contributed by atoms with van der Waals surface area (Å²) < 4.78 is 76.0. The molecule has 19 heteroatoms. The lowest BCUT2D eigenvalue weighted by molar-refractivity contribution is -0.150. The Morgan fingerprint density at radius 2 is 1.57 bits per heavy atom. The zero-order chi connectivity index (χ0) is 53.8. The summed E-state index contributed by atoms with van der Waals surface area (Å²) in [5.74, 6) is -0.850. The van der Waals surface area contributed by atoms with Crippen molar-refractivity contribution in [2.24, 2.45) is 5.41 Å². The number of nitrogens with one attached hydrogen (secondary N) is 2. The fourth-order valence-electron chi connectivity index (χ4n) is 9.73. The van der Waals surface area contributed by atoms with Gasteiger partial charge in [0.15, 0.2) is 0 Å². The molecule has 7 rings (SSSR count). The van der Waals surface area contributed by atoms with Crippen molar-refractivity contribution in [1.29, 1.82) is 0 Å². The van der Waals surface area contributed by atoms with E-state index in [1.165, 1.54) is 19.2 Å². The summed E-state index contributed by atoms with van der Waals surface area (Å²) in [7, 11) is -0.255. The Balaban J connectivity index is 1.34.